The number of carbonyl (C=O) groups is 1. The lowest BCUT2D eigenvalue weighted by molar-refractivity contribution is -0.122. The number of fused-ring (bicyclic) bond motifs is 6. The highest BCUT2D eigenvalue weighted by Gasteiger charge is 2.46. The van der Waals surface area contributed by atoms with E-state index in [9.17, 15) is 4.79 Å². The third-order valence-electron chi connectivity index (χ3n) is 11.5. The number of nitrogens with zero attached hydrogens (tertiary/aromatic N) is 5. The molecule has 1 amide bonds. The molecule has 8 aliphatic rings. The first-order valence-corrected chi connectivity index (χ1v) is 18.0. The zero-order valence-electron chi connectivity index (χ0n) is 29.1. The number of hydrazine groups is 1. The fourth-order valence-corrected chi connectivity index (χ4v) is 9.16. The van der Waals surface area contributed by atoms with Gasteiger partial charge in [0.25, 0.3) is 0 Å². The number of rotatable bonds is 5. The number of hydrogen-bond acceptors (Lipinski definition) is 9. The van der Waals surface area contributed by atoms with Gasteiger partial charge in [-0.3, -0.25) is 19.7 Å². The summed E-state index contributed by atoms with van der Waals surface area (Å²) < 4.78 is 23.5. The first-order valence-electron chi connectivity index (χ1n) is 18.0. The van der Waals surface area contributed by atoms with E-state index < -0.39 is 11.4 Å². The van der Waals surface area contributed by atoms with Crippen molar-refractivity contribution in [2.24, 2.45) is 20.9 Å². The second kappa shape index (κ2) is 13.1. The highest BCUT2D eigenvalue weighted by atomic mass is 19.1. The molecule has 48 heavy (non-hydrogen) atoms. The van der Waals surface area contributed by atoms with Crippen LogP contribution in [0.1, 0.15) is 100 Å². The lowest BCUT2D eigenvalue weighted by Gasteiger charge is -2.31. The molecule has 3 N–H and O–H groups in total. The van der Waals surface area contributed by atoms with Crippen molar-refractivity contribution in [3.63, 3.8) is 0 Å². The van der Waals surface area contributed by atoms with Gasteiger partial charge in [0.2, 0.25) is 5.91 Å². The van der Waals surface area contributed by atoms with Crippen molar-refractivity contribution in [1.82, 2.24) is 20.5 Å². The molecular formula is C37H51FN8O2. The second-order valence-electron chi connectivity index (χ2n) is 14.6. The van der Waals surface area contributed by atoms with Gasteiger partial charge in [-0.05, 0) is 108 Å². The van der Waals surface area contributed by atoms with Crippen LogP contribution in [0.3, 0.4) is 0 Å². The predicted octanol–water partition coefficient (Wildman–Crippen LogP) is 5.61. The van der Waals surface area contributed by atoms with Gasteiger partial charge in [-0.25, -0.2) is 14.8 Å². The molecule has 258 valence electrons. The highest BCUT2D eigenvalue weighted by Crippen LogP contribution is 2.55. The van der Waals surface area contributed by atoms with Gasteiger partial charge in [0.1, 0.15) is 24.0 Å². The van der Waals surface area contributed by atoms with Crippen LogP contribution in [0.15, 0.2) is 38.3 Å². The molecule has 1 aromatic carbocycles. The van der Waals surface area contributed by atoms with E-state index in [0.717, 1.165) is 73.1 Å². The van der Waals surface area contributed by atoms with Crippen LogP contribution in [0.4, 0.5) is 10.1 Å². The maximum absolute atomic E-state index is 17.3. The van der Waals surface area contributed by atoms with E-state index in [1.54, 1.807) is 6.21 Å². The molecule has 10 nitrogen and oxygen atoms in total. The number of allylic oxidation sites excluding steroid dienone is 2. The minimum Gasteiger partial charge on any atom is -0.357 e. The Hall–Kier alpha value is -3.41. The number of amides is 1. The minimum atomic E-state index is -0.454. The van der Waals surface area contributed by atoms with E-state index in [0.29, 0.717) is 55.7 Å². The Kier molecular flexibility index (Phi) is 9.06. The third kappa shape index (κ3) is 5.81. The number of carbonyl (C=O) groups excluding carboxylic acids is 1. The van der Waals surface area contributed by atoms with E-state index in [1.165, 1.54) is 12.8 Å². The van der Waals surface area contributed by atoms with Crippen LogP contribution in [0.5, 0.6) is 0 Å². The number of benzene rings is 1. The summed E-state index contributed by atoms with van der Waals surface area (Å²) in [4.78, 5) is 31.9. The number of aryl methyl sites for hydroxylation is 1. The molecule has 0 radical (unpaired) electrons. The number of aliphatic imine (C=N–C) groups is 3. The molecule has 1 aromatic rings. The molecule has 0 spiro atoms. The van der Waals surface area contributed by atoms with Crippen LogP contribution in [0, 0.1) is 12.8 Å². The Morgan fingerprint density at radius 1 is 1.19 bits per heavy atom. The number of halogens is 1. The number of ether oxygens (including phenoxy) is 1. The van der Waals surface area contributed by atoms with Gasteiger partial charge in [0.05, 0.1) is 23.4 Å². The van der Waals surface area contributed by atoms with Gasteiger partial charge in [-0.1, -0.05) is 13.8 Å². The maximum Gasteiger partial charge on any atom is 0.220 e. The van der Waals surface area contributed by atoms with Crippen molar-refractivity contribution < 1.29 is 13.9 Å². The molecule has 4 bridgehead atoms. The molecular weight excluding hydrogens is 607 g/mol. The quantitative estimate of drug-likeness (QED) is 0.281. The summed E-state index contributed by atoms with van der Waals surface area (Å²) in [6, 6.07) is 2.15. The van der Waals surface area contributed by atoms with Crippen molar-refractivity contribution in [3.05, 3.63) is 45.5 Å². The number of nitrogens with one attached hydrogen (secondary N) is 3. The first kappa shape index (κ1) is 33.1. The van der Waals surface area contributed by atoms with Crippen molar-refractivity contribution >= 4 is 35.9 Å². The van der Waals surface area contributed by atoms with Crippen molar-refractivity contribution in [2.75, 3.05) is 44.9 Å². The van der Waals surface area contributed by atoms with E-state index >= 15 is 4.39 Å². The summed E-state index contributed by atoms with van der Waals surface area (Å²) in [5, 5.41) is 3.31. The molecule has 7 aliphatic heterocycles. The normalized spacial score (nSPS) is 31.1. The lowest BCUT2D eigenvalue weighted by Crippen LogP contribution is -2.47. The van der Waals surface area contributed by atoms with Crippen LogP contribution in [-0.4, -0.2) is 84.9 Å². The second-order valence-corrected chi connectivity index (χ2v) is 14.6. The Labute approximate surface area is 284 Å². The van der Waals surface area contributed by atoms with Crippen molar-refractivity contribution in [1.29, 1.82) is 0 Å². The van der Waals surface area contributed by atoms with E-state index in [1.807, 2.05) is 13.8 Å². The van der Waals surface area contributed by atoms with E-state index in [-0.39, 0.29) is 29.8 Å². The molecule has 2 unspecified atom stereocenters. The van der Waals surface area contributed by atoms with Gasteiger partial charge in [-0.15, -0.1) is 0 Å². The summed E-state index contributed by atoms with van der Waals surface area (Å²) in [7, 11) is 0. The summed E-state index contributed by atoms with van der Waals surface area (Å²) >= 11 is 0. The van der Waals surface area contributed by atoms with Crippen LogP contribution in [0.25, 0.3) is 5.70 Å². The highest BCUT2D eigenvalue weighted by molar-refractivity contribution is 6.28. The van der Waals surface area contributed by atoms with Crippen LogP contribution < -0.4 is 16.2 Å². The minimum absolute atomic E-state index is 0.0494. The molecule has 7 heterocycles. The smallest absolute Gasteiger partial charge is 0.220 e. The van der Waals surface area contributed by atoms with Gasteiger partial charge in [0, 0.05) is 48.9 Å². The zero-order valence-corrected chi connectivity index (χ0v) is 29.1. The Morgan fingerprint density at radius 3 is 2.75 bits per heavy atom. The van der Waals surface area contributed by atoms with Gasteiger partial charge < -0.3 is 20.4 Å². The van der Waals surface area contributed by atoms with Gasteiger partial charge in [-0.2, -0.15) is 0 Å². The summed E-state index contributed by atoms with van der Waals surface area (Å²) in [5.41, 5.74) is 12.2. The standard InChI is InChI=1S/C35H45FN8O2.C2H6/c1-21-14-26-24(17-40-42-26)29-28(21)23-15-22(23)6-7-27(45)41-34(2)10-13-43(18-34)33(37-3)25-16-38-32(29)30(36)31(25)39-20-46-19-35-8-4-11-44(35)12-5-9-35;1-2/h14,16,22-23,40,42H,3-13,15,17-20H2,1-2H3,(H,41,45);1-2H3/b33-25+,39-31+;/t22?,23?,34-;/m1./s1. The average molecular weight is 659 g/mol. The largest absolute Gasteiger partial charge is 0.357 e. The maximum atomic E-state index is 17.3. The average Bonchev–Trinajstić information content (AvgIpc) is 3.44. The SMILES string of the molecule is C=N/C1=C2/C=NC(=C(F)/C2=N/COCC23CCCN2CCC3)c2c3c(cc(C)c2C2CC2CCC(=O)N[C@]2(C)CCN1C2)NNC3.CC. The van der Waals surface area contributed by atoms with Gasteiger partial charge >= 0.3 is 0 Å². The zero-order chi connectivity index (χ0) is 33.6. The Morgan fingerprint density at radius 2 is 1.98 bits per heavy atom. The number of hydrogen-bond donors (Lipinski definition) is 3. The topological polar surface area (TPSA) is 106 Å². The van der Waals surface area contributed by atoms with Crippen LogP contribution in [-0.2, 0) is 16.1 Å². The fourth-order valence-electron chi connectivity index (χ4n) is 9.16. The first-order chi connectivity index (χ1) is 23.3. The fraction of sp³-hybridized carbons (Fsp3) is 0.622. The molecule has 11 heteroatoms. The Balaban J connectivity index is 0.00000179. The molecule has 9 rings (SSSR count). The molecule has 3 atom stereocenters. The van der Waals surface area contributed by atoms with Crippen LogP contribution in [0.2, 0.25) is 0 Å². The van der Waals surface area contributed by atoms with Crippen LogP contribution >= 0.6 is 0 Å². The molecule has 4 fully saturated rings. The van der Waals surface area contributed by atoms with E-state index in [2.05, 4.69) is 57.6 Å². The number of anilines is 1. The molecule has 1 aliphatic carbocycles. The molecule has 1 saturated carbocycles. The summed E-state index contributed by atoms with van der Waals surface area (Å²) in [6.07, 6.45) is 9.41. The monoisotopic (exact) mass is 658 g/mol. The predicted molar refractivity (Wildman–Crippen MR) is 190 cm³/mol. The molecule has 0 aromatic heterocycles. The van der Waals surface area contributed by atoms with Crippen molar-refractivity contribution in [3.8, 4) is 0 Å². The summed E-state index contributed by atoms with van der Waals surface area (Å²) in [5.74, 6) is 0.781. The van der Waals surface area contributed by atoms with E-state index in [4.69, 9.17) is 14.7 Å². The lowest BCUT2D eigenvalue weighted by atomic mass is 9.87. The van der Waals surface area contributed by atoms with Crippen molar-refractivity contribution in [2.45, 2.75) is 103 Å². The molecule has 3 saturated heterocycles. The third-order valence-corrected chi connectivity index (χ3v) is 11.5. The van der Waals surface area contributed by atoms with Gasteiger partial charge in [0.15, 0.2) is 5.83 Å². The Bertz CT molecular complexity index is 1600. The summed E-state index contributed by atoms with van der Waals surface area (Å²) in [6.45, 7) is 16.7.